The molecule has 1 atom stereocenters. The molecule has 2 nitrogen and oxygen atoms in total. The number of hydrogen-bond donors (Lipinski definition) is 0. The monoisotopic (exact) mass is 268 g/mol. The van der Waals surface area contributed by atoms with Crippen LogP contribution in [-0.2, 0) is 4.74 Å². The number of ether oxygens (including phenoxy) is 2. The van der Waals surface area contributed by atoms with Crippen molar-refractivity contribution in [2.24, 2.45) is 11.8 Å². The molecule has 0 saturated carbocycles. The highest BCUT2D eigenvalue weighted by molar-refractivity contribution is 5.35. The fraction of sp³-hybridized carbons (Fsp3) is 0.625. The summed E-state index contributed by atoms with van der Waals surface area (Å²) in [5.41, 5.74) is 0.803. The van der Waals surface area contributed by atoms with Gasteiger partial charge in [-0.2, -0.15) is 0 Å². The van der Waals surface area contributed by atoms with Crippen molar-refractivity contribution in [1.29, 1.82) is 0 Å². The second-order valence-corrected chi connectivity index (χ2v) is 5.73. The molecule has 108 valence electrons. The predicted molar refractivity (Wildman–Crippen MR) is 75.9 cm³/mol. The number of hydrogen-bond acceptors (Lipinski definition) is 2. The van der Waals surface area contributed by atoms with Crippen molar-refractivity contribution in [2.45, 2.75) is 40.2 Å². The van der Waals surface area contributed by atoms with Crippen LogP contribution in [-0.4, -0.2) is 13.7 Å². The van der Waals surface area contributed by atoms with Crippen LogP contribution in [0.1, 0.15) is 45.8 Å². The zero-order chi connectivity index (χ0) is 14.4. The summed E-state index contributed by atoms with van der Waals surface area (Å²) in [6.45, 7) is 9.15. The van der Waals surface area contributed by atoms with Crippen molar-refractivity contribution in [3.63, 3.8) is 0 Å². The minimum absolute atomic E-state index is 0.118. The van der Waals surface area contributed by atoms with Crippen LogP contribution in [0, 0.1) is 17.7 Å². The fourth-order valence-electron chi connectivity index (χ4n) is 1.98. The van der Waals surface area contributed by atoms with Crippen LogP contribution in [0.3, 0.4) is 0 Å². The highest BCUT2D eigenvalue weighted by Crippen LogP contribution is 2.33. The molecular weight excluding hydrogens is 243 g/mol. The SMILES string of the molecule is COc1ccc(F)cc1[C@H](CC(C)C)OCC(C)C. The Morgan fingerprint density at radius 3 is 2.32 bits per heavy atom. The van der Waals surface area contributed by atoms with E-state index in [-0.39, 0.29) is 11.9 Å². The second-order valence-electron chi connectivity index (χ2n) is 5.73. The van der Waals surface area contributed by atoms with Gasteiger partial charge < -0.3 is 9.47 Å². The molecule has 0 fully saturated rings. The second kappa shape index (κ2) is 7.49. The van der Waals surface area contributed by atoms with Crippen molar-refractivity contribution in [3.8, 4) is 5.75 Å². The summed E-state index contributed by atoms with van der Waals surface area (Å²) in [5, 5.41) is 0. The van der Waals surface area contributed by atoms with Crippen molar-refractivity contribution < 1.29 is 13.9 Å². The standard InChI is InChI=1S/C16H25FO2/c1-11(2)8-16(19-10-12(3)4)14-9-13(17)6-7-15(14)18-5/h6-7,9,11-12,16H,8,10H2,1-5H3/t16-/m0/s1. The summed E-state index contributed by atoms with van der Waals surface area (Å²) in [7, 11) is 1.60. The van der Waals surface area contributed by atoms with Crippen LogP contribution >= 0.6 is 0 Å². The Hall–Kier alpha value is -1.09. The van der Waals surface area contributed by atoms with E-state index < -0.39 is 0 Å². The van der Waals surface area contributed by atoms with Crippen LogP contribution in [0.5, 0.6) is 5.75 Å². The first-order valence-electron chi connectivity index (χ1n) is 6.89. The van der Waals surface area contributed by atoms with Gasteiger partial charge in [0.15, 0.2) is 0 Å². The smallest absolute Gasteiger partial charge is 0.124 e. The molecule has 1 aromatic rings. The Bertz CT molecular complexity index is 388. The molecule has 0 aliphatic carbocycles. The van der Waals surface area contributed by atoms with Crippen molar-refractivity contribution in [1.82, 2.24) is 0 Å². The molecule has 1 rings (SSSR count). The van der Waals surface area contributed by atoms with E-state index in [1.165, 1.54) is 12.1 Å². The minimum atomic E-state index is -0.252. The van der Waals surface area contributed by atoms with E-state index in [0.29, 0.717) is 24.2 Å². The molecule has 0 saturated heterocycles. The van der Waals surface area contributed by atoms with Crippen LogP contribution in [0.25, 0.3) is 0 Å². The average Bonchev–Trinajstić information content (AvgIpc) is 2.33. The first-order chi connectivity index (χ1) is 8.93. The molecular formula is C16H25FO2. The van der Waals surface area contributed by atoms with Crippen molar-refractivity contribution >= 4 is 0 Å². The van der Waals surface area contributed by atoms with Crippen LogP contribution in [0.2, 0.25) is 0 Å². The maximum Gasteiger partial charge on any atom is 0.124 e. The lowest BCUT2D eigenvalue weighted by atomic mass is 9.98. The van der Waals surface area contributed by atoms with Gasteiger partial charge in [0, 0.05) is 12.2 Å². The Morgan fingerprint density at radius 1 is 1.11 bits per heavy atom. The summed E-state index contributed by atoms with van der Waals surface area (Å²) < 4.78 is 24.7. The van der Waals surface area contributed by atoms with E-state index in [4.69, 9.17) is 9.47 Å². The Kier molecular flexibility index (Phi) is 6.29. The largest absolute Gasteiger partial charge is 0.496 e. The average molecular weight is 268 g/mol. The maximum absolute atomic E-state index is 13.5. The lowest BCUT2D eigenvalue weighted by Gasteiger charge is -2.23. The van der Waals surface area contributed by atoms with E-state index in [9.17, 15) is 4.39 Å². The lowest BCUT2D eigenvalue weighted by Crippen LogP contribution is -2.13. The maximum atomic E-state index is 13.5. The first-order valence-corrected chi connectivity index (χ1v) is 6.89. The van der Waals surface area contributed by atoms with Crippen LogP contribution < -0.4 is 4.74 Å². The molecule has 0 unspecified atom stereocenters. The van der Waals surface area contributed by atoms with Gasteiger partial charge >= 0.3 is 0 Å². The zero-order valence-electron chi connectivity index (χ0n) is 12.6. The molecule has 0 aliphatic heterocycles. The first kappa shape index (κ1) is 16.0. The number of benzene rings is 1. The topological polar surface area (TPSA) is 18.5 Å². The van der Waals surface area contributed by atoms with Crippen molar-refractivity contribution in [3.05, 3.63) is 29.6 Å². The predicted octanol–water partition coefficient (Wildman–Crippen LogP) is 4.59. The molecule has 0 radical (unpaired) electrons. The van der Waals surface area contributed by atoms with Gasteiger partial charge in [0.05, 0.1) is 13.2 Å². The molecule has 3 heteroatoms. The van der Waals surface area contributed by atoms with Gasteiger partial charge in [-0.15, -0.1) is 0 Å². The van der Waals surface area contributed by atoms with Gasteiger partial charge in [-0.1, -0.05) is 27.7 Å². The van der Waals surface area contributed by atoms with E-state index in [0.717, 1.165) is 12.0 Å². The number of methoxy groups -OCH3 is 1. The molecule has 0 aliphatic rings. The summed E-state index contributed by atoms with van der Waals surface area (Å²) in [6, 6.07) is 4.60. The molecule has 0 aromatic heterocycles. The van der Waals surface area contributed by atoms with Gasteiger partial charge in [-0.3, -0.25) is 0 Å². The van der Waals surface area contributed by atoms with E-state index in [1.807, 2.05) is 0 Å². The summed E-state index contributed by atoms with van der Waals surface area (Å²) in [5.74, 6) is 1.37. The van der Waals surface area contributed by atoms with Crippen LogP contribution in [0.15, 0.2) is 18.2 Å². The Morgan fingerprint density at radius 2 is 1.79 bits per heavy atom. The molecule has 0 bridgehead atoms. The summed E-state index contributed by atoms with van der Waals surface area (Å²) >= 11 is 0. The van der Waals surface area contributed by atoms with Gasteiger partial charge in [0.2, 0.25) is 0 Å². The lowest BCUT2D eigenvalue weighted by molar-refractivity contribution is 0.0205. The van der Waals surface area contributed by atoms with Gasteiger partial charge in [-0.25, -0.2) is 4.39 Å². The third-order valence-corrected chi connectivity index (χ3v) is 2.85. The van der Waals surface area contributed by atoms with Gasteiger partial charge in [0.25, 0.3) is 0 Å². The van der Waals surface area contributed by atoms with E-state index >= 15 is 0 Å². The van der Waals surface area contributed by atoms with Gasteiger partial charge in [-0.05, 0) is 36.5 Å². The summed E-state index contributed by atoms with van der Waals surface area (Å²) in [4.78, 5) is 0. The molecule has 0 spiro atoms. The molecule has 1 aromatic carbocycles. The Labute approximate surface area is 115 Å². The summed E-state index contributed by atoms with van der Waals surface area (Å²) in [6.07, 6.45) is 0.736. The number of halogens is 1. The van der Waals surface area contributed by atoms with E-state index in [1.54, 1.807) is 13.2 Å². The van der Waals surface area contributed by atoms with Crippen molar-refractivity contribution in [2.75, 3.05) is 13.7 Å². The Balaban J connectivity index is 2.97. The highest BCUT2D eigenvalue weighted by Gasteiger charge is 2.19. The highest BCUT2D eigenvalue weighted by atomic mass is 19.1. The third kappa shape index (κ3) is 5.19. The minimum Gasteiger partial charge on any atom is -0.496 e. The van der Waals surface area contributed by atoms with Crippen LogP contribution in [0.4, 0.5) is 4.39 Å². The number of rotatable bonds is 7. The zero-order valence-corrected chi connectivity index (χ0v) is 12.6. The molecule has 0 heterocycles. The van der Waals surface area contributed by atoms with Gasteiger partial charge in [0.1, 0.15) is 11.6 Å². The third-order valence-electron chi connectivity index (χ3n) is 2.85. The molecule has 0 amide bonds. The van der Waals surface area contributed by atoms with E-state index in [2.05, 4.69) is 27.7 Å². The molecule has 19 heavy (non-hydrogen) atoms. The fourth-order valence-corrected chi connectivity index (χ4v) is 1.98. The normalized spacial score (nSPS) is 13.1. The molecule has 0 N–H and O–H groups in total. The quantitative estimate of drug-likeness (QED) is 0.720.